The fourth-order valence-electron chi connectivity index (χ4n) is 0.232. The molecular formula is C10H18. The number of hydrogen-bond donors (Lipinski definition) is 0. The maximum absolute atomic E-state index is 3.51. The molecule has 0 saturated carbocycles. The van der Waals surface area contributed by atoms with Crippen LogP contribution in [0.15, 0.2) is 51.1 Å². The van der Waals surface area contributed by atoms with Gasteiger partial charge >= 0.3 is 0 Å². The fourth-order valence-corrected chi connectivity index (χ4v) is 0.232. The minimum Gasteiger partial charge on any atom is -0.106 e. The van der Waals surface area contributed by atoms with Gasteiger partial charge in [0.1, 0.15) is 0 Å². The zero-order chi connectivity index (χ0) is 8.83. The third kappa shape index (κ3) is 64.4. The average molecular weight is 138 g/mol. The van der Waals surface area contributed by atoms with Gasteiger partial charge in [-0.3, -0.25) is 0 Å². The molecule has 0 rings (SSSR count). The molecule has 0 aliphatic carbocycles. The van der Waals surface area contributed by atoms with Gasteiger partial charge in [-0.05, 0) is 6.42 Å². The lowest BCUT2D eigenvalue weighted by Crippen LogP contribution is -1.46. The standard InChI is InChI=1S/C6H10.2C2H4/c1-3-5-6-4-2;2*1-2/h3,5-6H,1,4H2,2H3;2*1-2H2. The third-order valence-corrected chi connectivity index (χ3v) is 0.508. The Morgan fingerprint density at radius 3 is 1.60 bits per heavy atom. The first-order valence-corrected chi connectivity index (χ1v) is 3.19. The van der Waals surface area contributed by atoms with Gasteiger partial charge in [0.25, 0.3) is 0 Å². The van der Waals surface area contributed by atoms with Crippen LogP contribution in [-0.4, -0.2) is 0 Å². The van der Waals surface area contributed by atoms with E-state index in [1.54, 1.807) is 6.08 Å². The zero-order valence-corrected chi connectivity index (χ0v) is 6.97. The summed E-state index contributed by atoms with van der Waals surface area (Å²) in [7, 11) is 0. The van der Waals surface area contributed by atoms with Crippen molar-refractivity contribution in [1.29, 1.82) is 0 Å². The van der Waals surface area contributed by atoms with Gasteiger partial charge in [-0.2, -0.15) is 0 Å². The Hall–Kier alpha value is -1.04. The molecular weight excluding hydrogens is 120 g/mol. The Morgan fingerprint density at radius 2 is 1.50 bits per heavy atom. The van der Waals surface area contributed by atoms with Crippen LogP contribution >= 0.6 is 0 Å². The highest BCUT2D eigenvalue weighted by molar-refractivity contribution is 4.96. The van der Waals surface area contributed by atoms with Crippen molar-refractivity contribution in [2.24, 2.45) is 0 Å². The van der Waals surface area contributed by atoms with E-state index in [4.69, 9.17) is 0 Å². The van der Waals surface area contributed by atoms with Crippen molar-refractivity contribution in [3.8, 4) is 0 Å². The third-order valence-electron chi connectivity index (χ3n) is 0.508. The second-order valence-electron chi connectivity index (χ2n) is 1.07. The molecule has 0 fully saturated rings. The van der Waals surface area contributed by atoms with Crippen LogP contribution < -0.4 is 0 Å². The van der Waals surface area contributed by atoms with Crippen molar-refractivity contribution >= 4 is 0 Å². The summed E-state index contributed by atoms with van der Waals surface area (Å²) in [4.78, 5) is 0. The van der Waals surface area contributed by atoms with E-state index in [1.165, 1.54) is 0 Å². The van der Waals surface area contributed by atoms with Crippen LogP contribution in [0.3, 0.4) is 0 Å². The Balaban J connectivity index is -0.000000105. The molecule has 0 aromatic rings. The molecule has 0 saturated heterocycles. The van der Waals surface area contributed by atoms with Gasteiger partial charge in [0, 0.05) is 0 Å². The normalized spacial score (nSPS) is 6.50. The zero-order valence-electron chi connectivity index (χ0n) is 6.97. The Labute approximate surface area is 65.3 Å². The smallest absolute Gasteiger partial charge is 0.0376 e. The van der Waals surface area contributed by atoms with E-state index in [-0.39, 0.29) is 0 Å². The van der Waals surface area contributed by atoms with Crippen molar-refractivity contribution in [3.05, 3.63) is 51.1 Å². The van der Waals surface area contributed by atoms with Gasteiger partial charge in [-0.25, -0.2) is 0 Å². The van der Waals surface area contributed by atoms with Crippen LogP contribution in [0.5, 0.6) is 0 Å². The molecule has 0 radical (unpaired) electrons. The highest BCUT2D eigenvalue weighted by atomic mass is 13.6. The molecule has 0 N–H and O–H groups in total. The molecule has 0 heteroatoms. The Kier molecular flexibility index (Phi) is 70.3. The van der Waals surface area contributed by atoms with Crippen LogP contribution in [0.2, 0.25) is 0 Å². The van der Waals surface area contributed by atoms with Crippen LogP contribution in [0.4, 0.5) is 0 Å². The maximum Gasteiger partial charge on any atom is -0.0376 e. The van der Waals surface area contributed by atoms with E-state index in [0.29, 0.717) is 0 Å². The average Bonchev–Trinajstić information content (AvgIpc) is 2.08. The summed E-state index contributed by atoms with van der Waals surface area (Å²) in [6, 6.07) is 0. The highest BCUT2D eigenvalue weighted by Gasteiger charge is 1.55. The largest absolute Gasteiger partial charge is 0.106 e. The van der Waals surface area contributed by atoms with E-state index in [1.807, 2.05) is 6.08 Å². The number of allylic oxidation sites excluding steroid dienone is 3. The van der Waals surface area contributed by atoms with E-state index in [0.717, 1.165) is 6.42 Å². The summed E-state index contributed by atoms with van der Waals surface area (Å²) < 4.78 is 0. The summed E-state index contributed by atoms with van der Waals surface area (Å²) in [6.45, 7) is 17.6. The summed E-state index contributed by atoms with van der Waals surface area (Å²) >= 11 is 0. The maximum atomic E-state index is 3.51. The quantitative estimate of drug-likeness (QED) is 0.403. The van der Waals surface area contributed by atoms with Crippen molar-refractivity contribution in [2.45, 2.75) is 13.3 Å². The molecule has 0 nitrogen and oxygen atoms in total. The lowest BCUT2D eigenvalue weighted by atomic mass is 10.4. The summed E-state index contributed by atoms with van der Waals surface area (Å²) in [5.41, 5.74) is 0. The van der Waals surface area contributed by atoms with Gasteiger partial charge in [0.2, 0.25) is 0 Å². The minimum atomic E-state index is 1.10. The first kappa shape index (κ1) is 16.0. The molecule has 10 heavy (non-hydrogen) atoms. The molecule has 0 atom stereocenters. The first-order valence-electron chi connectivity index (χ1n) is 3.19. The molecule has 0 aliphatic heterocycles. The molecule has 0 aromatic carbocycles. The van der Waals surface area contributed by atoms with Gasteiger partial charge < -0.3 is 0 Å². The number of hydrogen-bond acceptors (Lipinski definition) is 0. The second kappa shape index (κ2) is 44.0. The van der Waals surface area contributed by atoms with Gasteiger partial charge in [-0.1, -0.05) is 31.7 Å². The number of rotatable bonds is 2. The van der Waals surface area contributed by atoms with E-state index in [9.17, 15) is 0 Å². The highest BCUT2D eigenvalue weighted by Crippen LogP contribution is 1.76. The molecule has 0 heterocycles. The van der Waals surface area contributed by atoms with Gasteiger partial charge in [0.05, 0.1) is 0 Å². The molecule has 58 valence electrons. The fraction of sp³-hybridized carbons (Fsp3) is 0.200. The Morgan fingerprint density at radius 1 is 1.10 bits per heavy atom. The van der Waals surface area contributed by atoms with Crippen molar-refractivity contribution < 1.29 is 0 Å². The predicted octanol–water partition coefficient (Wildman–Crippen LogP) is 3.74. The first-order chi connectivity index (χ1) is 4.91. The predicted molar refractivity (Wildman–Crippen MR) is 52.1 cm³/mol. The molecule has 0 bridgehead atoms. The molecule has 0 aliphatic rings. The van der Waals surface area contributed by atoms with Gasteiger partial charge in [-0.15, -0.1) is 26.3 Å². The van der Waals surface area contributed by atoms with E-state index >= 15 is 0 Å². The van der Waals surface area contributed by atoms with E-state index in [2.05, 4.69) is 45.9 Å². The lowest BCUT2D eigenvalue weighted by Gasteiger charge is -1.67. The molecule has 0 unspecified atom stereocenters. The second-order valence-corrected chi connectivity index (χ2v) is 1.07. The van der Waals surface area contributed by atoms with Crippen molar-refractivity contribution in [2.75, 3.05) is 0 Å². The van der Waals surface area contributed by atoms with Crippen molar-refractivity contribution in [3.63, 3.8) is 0 Å². The van der Waals surface area contributed by atoms with Crippen molar-refractivity contribution in [1.82, 2.24) is 0 Å². The molecule has 0 aromatic heterocycles. The van der Waals surface area contributed by atoms with Gasteiger partial charge in [0.15, 0.2) is 0 Å². The SMILES string of the molecule is C=C.C=C.C=CC=CCC. The van der Waals surface area contributed by atoms with Crippen LogP contribution in [0.25, 0.3) is 0 Å². The summed E-state index contributed by atoms with van der Waals surface area (Å²) in [5.74, 6) is 0. The Bertz CT molecular complexity index is 68.1. The minimum absolute atomic E-state index is 1.10. The monoisotopic (exact) mass is 138 g/mol. The molecule has 0 spiro atoms. The van der Waals surface area contributed by atoms with E-state index < -0.39 is 0 Å². The molecule has 0 amide bonds. The summed E-state index contributed by atoms with van der Waals surface area (Å²) in [5, 5.41) is 0. The van der Waals surface area contributed by atoms with Crippen LogP contribution in [0.1, 0.15) is 13.3 Å². The summed E-state index contributed by atoms with van der Waals surface area (Å²) in [6.07, 6.45) is 6.89. The van der Waals surface area contributed by atoms with Crippen LogP contribution in [0, 0.1) is 0 Å². The van der Waals surface area contributed by atoms with Crippen LogP contribution in [-0.2, 0) is 0 Å². The lowest BCUT2D eigenvalue weighted by molar-refractivity contribution is 1.22. The topological polar surface area (TPSA) is 0 Å².